The first kappa shape index (κ1) is 68.1. The van der Waals surface area contributed by atoms with Crippen LogP contribution in [-0.4, -0.2) is 136 Å². The van der Waals surface area contributed by atoms with E-state index in [9.17, 15) is 28.8 Å². The van der Waals surface area contributed by atoms with Crippen LogP contribution in [-0.2, 0) is 51.8 Å². The average molecular weight is 1330 g/mol. The first-order chi connectivity index (χ1) is 47.0. The molecule has 0 saturated heterocycles. The number of rotatable bonds is 22. The lowest BCUT2D eigenvalue weighted by atomic mass is 10.0. The minimum Gasteiger partial charge on any atom is -0.482 e. The molecule has 28 nitrogen and oxygen atoms in total. The van der Waals surface area contributed by atoms with Gasteiger partial charge in [-0.1, -0.05) is 89.8 Å². The van der Waals surface area contributed by atoms with Crippen LogP contribution in [0.2, 0.25) is 0 Å². The summed E-state index contributed by atoms with van der Waals surface area (Å²) in [6.07, 6.45) is 7.22. The summed E-state index contributed by atoms with van der Waals surface area (Å²) in [4.78, 5) is 92.9. The van der Waals surface area contributed by atoms with Crippen LogP contribution < -0.4 is 29.9 Å². The number of hydrogen-bond acceptors (Lipinski definition) is 20. The molecule has 0 unspecified atom stereocenters. The Morgan fingerprint density at radius 2 is 0.929 bits per heavy atom. The minimum atomic E-state index is -0.617. The standard InChI is InChI=1S/C41H41N9O7.C29H37N9O3/c1-40(2,3)56-38(53)28-12-7-25(8-13-28)22-48-31-19-27(11-16-33(31)55-24-35(48)51)21-42-37(52)30-20-32(50-34(44-30)17-18-43-50)36-45-47-49(46-36)23-26-9-14-29(15-10-26)39(54)57-41(4,5)6;1-5-19(6-2)16-36-23-13-21(9-10-25(23)41-18-27(36)39)15-30-29(40)22-14-24(38-26(32-22)11-12-31-38)28-33-35-37(34-28)17-20(7-3)8-4/h7-20H,21-24H2,1-6H3,(H,42,52);9-14,19-20H,5-8,15-18H2,1-4H3,(H,30,40). The van der Waals surface area contributed by atoms with Gasteiger partial charge >= 0.3 is 11.9 Å². The van der Waals surface area contributed by atoms with Crippen molar-refractivity contribution in [2.45, 2.75) is 139 Å². The van der Waals surface area contributed by atoms with Crippen molar-refractivity contribution in [3.05, 3.63) is 166 Å². The molecule has 28 heteroatoms. The first-order valence-corrected chi connectivity index (χ1v) is 32.6. The molecule has 98 heavy (non-hydrogen) atoms. The number of esters is 2. The predicted octanol–water partition coefficient (Wildman–Crippen LogP) is 9.11. The molecule has 8 heterocycles. The van der Waals surface area contributed by atoms with Crippen molar-refractivity contribution < 1.29 is 47.7 Å². The third-order valence-electron chi connectivity index (χ3n) is 16.4. The molecule has 0 fully saturated rings. The minimum absolute atomic E-state index is 0.0364. The van der Waals surface area contributed by atoms with Crippen molar-refractivity contribution >= 4 is 58.2 Å². The first-order valence-electron chi connectivity index (χ1n) is 32.6. The maximum Gasteiger partial charge on any atom is 0.338 e. The number of nitrogens with zero attached hydrogens (tertiary/aromatic N) is 16. The lowest BCUT2D eigenvalue weighted by molar-refractivity contribution is -0.122. The molecule has 2 aliphatic rings. The van der Waals surface area contributed by atoms with E-state index in [1.807, 2.05) is 70.7 Å². The Balaban J connectivity index is 0.000000209. The molecule has 10 aromatic rings. The second-order valence-corrected chi connectivity index (χ2v) is 25.9. The lowest BCUT2D eigenvalue weighted by Gasteiger charge is -2.32. The zero-order valence-corrected chi connectivity index (χ0v) is 56.4. The number of nitrogens with one attached hydrogen (secondary N) is 2. The highest BCUT2D eigenvalue weighted by Crippen LogP contribution is 2.36. The summed E-state index contributed by atoms with van der Waals surface area (Å²) in [7, 11) is 0. The third kappa shape index (κ3) is 16.3. The Kier molecular flexibility index (Phi) is 20.4. The van der Waals surface area contributed by atoms with Gasteiger partial charge in [0, 0.05) is 31.8 Å². The number of tetrazole rings is 2. The van der Waals surface area contributed by atoms with Gasteiger partial charge in [-0.05, 0) is 147 Å². The highest BCUT2D eigenvalue weighted by molar-refractivity contribution is 5.99. The number of hydrogen-bond donors (Lipinski definition) is 2. The summed E-state index contributed by atoms with van der Waals surface area (Å²) in [6.45, 7) is 21.6. The van der Waals surface area contributed by atoms with Crippen molar-refractivity contribution in [2.24, 2.45) is 11.8 Å². The van der Waals surface area contributed by atoms with E-state index in [-0.39, 0.29) is 74.3 Å². The Labute approximate surface area is 565 Å². The zero-order chi connectivity index (χ0) is 69.4. The average Bonchev–Trinajstić information content (AvgIpc) is 1.42. The number of carbonyl (C=O) groups is 6. The van der Waals surface area contributed by atoms with E-state index in [1.54, 1.807) is 112 Å². The van der Waals surface area contributed by atoms with Crippen LogP contribution in [0.15, 0.2) is 122 Å². The summed E-state index contributed by atoms with van der Waals surface area (Å²) in [5, 5.41) is 40.5. The molecule has 0 aliphatic carbocycles. The molecule has 12 rings (SSSR count). The zero-order valence-electron chi connectivity index (χ0n) is 56.4. The molecule has 4 amide bonds. The van der Waals surface area contributed by atoms with Crippen LogP contribution in [0.1, 0.15) is 159 Å². The number of benzene rings is 4. The quantitative estimate of drug-likeness (QED) is 0.0597. The van der Waals surface area contributed by atoms with E-state index in [0.717, 1.165) is 53.6 Å². The molecule has 0 saturated carbocycles. The smallest absolute Gasteiger partial charge is 0.338 e. The second-order valence-electron chi connectivity index (χ2n) is 25.9. The molecule has 0 bridgehead atoms. The summed E-state index contributed by atoms with van der Waals surface area (Å²) in [6, 6.07) is 31.5. The van der Waals surface area contributed by atoms with Crippen LogP contribution >= 0.6 is 0 Å². The molecule has 2 aliphatic heterocycles. The van der Waals surface area contributed by atoms with Crippen molar-refractivity contribution in [3.63, 3.8) is 0 Å². The number of carbonyl (C=O) groups excluding carboxylic acids is 6. The van der Waals surface area contributed by atoms with Gasteiger partial charge in [-0.2, -0.15) is 19.8 Å². The van der Waals surface area contributed by atoms with E-state index in [2.05, 4.69) is 89.3 Å². The van der Waals surface area contributed by atoms with E-state index >= 15 is 0 Å². The van der Waals surface area contributed by atoms with Crippen LogP contribution in [0, 0.1) is 11.8 Å². The van der Waals surface area contributed by atoms with Gasteiger partial charge in [-0.3, -0.25) is 19.2 Å². The van der Waals surface area contributed by atoms with Crippen molar-refractivity contribution in [1.82, 2.24) is 80.2 Å². The number of ether oxygens (including phenoxy) is 4. The van der Waals surface area contributed by atoms with Gasteiger partial charge in [0.15, 0.2) is 24.5 Å². The molecule has 4 aromatic carbocycles. The Bertz CT molecular complexity index is 4560. The molecule has 0 atom stereocenters. The fourth-order valence-corrected chi connectivity index (χ4v) is 10.9. The number of anilines is 2. The van der Waals surface area contributed by atoms with Crippen LogP contribution in [0.4, 0.5) is 11.4 Å². The SMILES string of the molecule is CC(C)(C)OC(=O)c1ccc(CN2C(=O)COc3ccc(CNC(=O)c4cc(-c5nnn(Cc6ccc(C(=O)OC(C)(C)C)cc6)n5)n5nccc5n4)cc32)cc1.CCC(CC)CN1C(=O)COc2ccc(CNC(=O)c3cc(-c4nnn(CC(CC)CC)n4)n4nccc4n3)cc21. The number of amides is 4. The summed E-state index contributed by atoms with van der Waals surface area (Å²) >= 11 is 0. The van der Waals surface area contributed by atoms with Crippen LogP contribution in [0.25, 0.3) is 34.3 Å². The van der Waals surface area contributed by atoms with E-state index in [4.69, 9.17) is 18.9 Å². The van der Waals surface area contributed by atoms with Gasteiger partial charge in [0.05, 0.1) is 54.5 Å². The van der Waals surface area contributed by atoms with Crippen LogP contribution in [0.5, 0.6) is 11.5 Å². The Morgan fingerprint density at radius 3 is 1.40 bits per heavy atom. The fraction of sp³-hybridized carbons (Fsp3) is 0.371. The molecular formula is C70H78N18O10. The maximum atomic E-state index is 13.5. The van der Waals surface area contributed by atoms with Gasteiger partial charge < -0.3 is 39.4 Å². The van der Waals surface area contributed by atoms with Gasteiger partial charge in [0.25, 0.3) is 23.6 Å². The largest absolute Gasteiger partial charge is 0.482 e. The number of fused-ring (bicyclic) bond motifs is 4. The monoisotopic (exact) mass is 1330 g/mol. The summed E-state index contributed by atoms with van der Waals surface area (Å²) in [5.74, 6) is 0.752. The summed E-state index contributed by atoms with van der Waals surface area (Å²) < 4.78 is 25.4. The highest BCUT2D eigenvalue weighted by Gasteiger charge is 2.30. The number of aromatic nitrogens is 14. The summed E-state index contributed by atoms with van der Waals surface area (Å²) in [5.41, 5.74) is 6.32. The molecule has 0 spiro atoms. The second kappa shape index (κ2) is 29.4. The van der Waals surface area contributed by atoms with Gasteiger partial charge in [0.2, 0.25) is 11.6 Å². The molecule has 508 valence electrons. The van der Waals surface area contributed by atoms with Gasteiger partial charge in [-0.15, -0.1) is 20.4 Å². The van der Waals surface area contributed by atoms with Crippen molar-refractivity contribution in [3.8, 4) is 34.5 Å². The van der Waals surface area contributed by atoms with Crippen molar-refractivity contribution in [2.75, 3.05) is 29.6 Å². The lowest BCUT2D eigenvalue weighted by Crippen LogP contribution is -2.41. The van der Waals surface area contributed by atoms with E-state index in [0.29, 0.717) is 81.7 Å². The Hall–Kier alpha value is -11.3. The topological polar surface area (TPSA) is 317 Å². The molecule has 2 N–H and O–H groups in total. The van der Waals surface area contributed by atoms with Crippen molar-refractivity contribution in [1.29, 1.82) is 0 Å². The van der Waals surface area contributed by atoms with Gasteiger partial charge in [0.1, 0.15) is 45.5 Å². The normalized spacial score (nSPS) is 13.0. The maximum absolute atomic E-state index is 13.5. The van der Waals surface area contributed by atoms with Gasteiger partial charge in [-0.25, -0.2) is 28.6 Å². The fourth-order valence-electron chi connectivity index (χ4n) is 10.9. The van der Waals surface area contributed by atoms with E-state index in [1.165, 1.54) is 9.31 Å². The molecule has 0 radical (unpaired) electrons. The molecule has 6 aromatic heterocycles. The Morgan fingerprint density at radius 1 is 0.510 bits per heavy atom. The molecular weight excluding hydrogens is 1250 g/mol. The van der Waals surface area contributed by atoms with Crippen LogP contribution in [0.3, 0.4) is 0 Å². The van der Waals surface area contributed by atoms with E-state index < -0.39 is 29.0 Å². The third-order valence-corrected chi connectivity index (χ3v) is 16.4. The highest BCUT2D eigenvalue weighted by atomic mass is 16.6. The predicted molar refractivity (Wildman–Crippen MR) is 360 cm³/mol.